The maximum Gasteiger partial charge on any atom is 0.322 e. The summed E-state index contributed by atoms with van der Waals surface area (Å²) < 4.78 is 0. The van der Waals surface area contributed by atoms with Crippen LogP contribution in [0.3, 0.4) is 0 Å². The quantitative estimate of drug-likeness (QED) is 0.178. The Kier molecular flexibility index (Phi) is 9.95. The zero-order chi connectivity index (χ0) is 18.9. The van der Waals surface area contributed by atoms with Gasteiger partial charge in [-0.3, -0.25) is 19.2 Å². The Morgan fingerprint density at radius 3 is 2.12 bits per heavy atom. The smallest absolute Gasteiger partial charge is 0.322 e. The molecule has 0 saturated heterocycles. The molecule has 3 amide bonds. The van der Waals surface area contributed by atoms with Gasteiger partial charge >= 0.3 is 5.97 Å². The average molecular weight is 366 g/mol. The molecule has 0 aliphatic carbocycles. The molecule has 0 aromatic carbocycles. The lowest BCUT2D eigenvalue weighted by Gasteiger charge is -2.24. The molecule has 11 nitrogen and oxygen atoms in total. The molecule has 0 aromatic heterocycles. The zero-order valence-corrected chi connectivity index (χ0v) is 13.8. The molecule has 0 aliphatic rings. The highest BCUT2D eigenvalue weighted by molar-refractivity contribution is 7.80. The summed E-state index contributed by atoms with van der Waals surface area (Å²) in [7, 11) is 0. The molecular weight excluding hydrogens is 344 g/mol. The molecule has 0 bridgehead atoms. The summed E-state index contributed by atoms with van der Waals surface area (Å²) in [4.78, 5) is 45.8. The lowest BCUT2D eigenvalue weighted by atomic mass is 10.1. The van der Waals surface area contributed by atoms with Crippen molar-refractivity contribution < 1.29 is 34.5 Å². The number of rotatable bonds is 10. The normalized spacial score (nSPS) is 15.5. The number of carbonyl (C=O) groups excluding carboxylic acids is 3. The lowest BCUT2D eigenvalue weighted by molar-refractivity contribution is -0.139. The van der Waals surface area contributed by atoms with Gasteiger partial charge in [-0.25, -0.2) is 0 Å². The molecular formula is C12H22N4O7S. The molecule has 0 spiro atoms. The van der Waals surface area contributed by atoms with Gasteiger partial charge in [0.25, 0.3) is 0 Å². The van der Waals surface area contributed by atoms with Gasteiger partial charge in [-0.15, -0.1) is 0 Å². The van der Waals surface area contributed by atoms with Crippen molar-refractivity contribution in [2.45, 2.75) is 31.2 Å². The zero-order valence-electron chi connectivity index (χ0n) is 12.9. The molecule has 138 valence electrons. The van der Waals surface area contributed by atoms with E-state index in [1.807, 2.05) is 5.32 Å². The molecule has 12 heteroatoms. The summed E-state index contributed by atoms with van der Waals surface area (Å²) in [6.45, 7) is -0.274. The largest absolute Gasteiger partial charge is 0.480 e. The van der Waals surface area contributed by atoms with E-state index in [0.717, 1.165) is 0 Å². The second kappa shape index (κ2) is 10.8. The van der Waals surface area contributed by atoms with E-state index in [4.69, 9.17) is 10.8 Å². The van der Waals surface area contributed by atoms with Crippen molar-refractivity contribution in [3.05, 3.63) is 0 Å². The van der Waals surface area contributed by atoms with Gasteiger partial charge in [-0.2, -0.15) is 12.6 Å². The van der Waals surface area contributed by atoms with Crippen LogP contribution in [-0.2, 0) is 19.2 Å². The standard InChI is InChI=1S/C12H22N4O7S/c1-5(18)9(12(23)14-2-8(19)20)16-11(22)7(3-17)15-10(21)6(13)4-24/h5-7,9,17-18,24H,2-4,13H2,1H3,(H,14,23)(H,15,21)(H,16,22)(H,19,20). The first kappa shape index (κ1) is 22.1. The minimum atomic E-state index is -1.47. The van der Waals surface area contributed by atoms with Crippen LogP contribution in [0.4, 0.5) is 0 Å². The van der Waals surface area contributed by atoms with E-state index in [9.17, 15) is 29.4 Å². The van der Waals surface area contributed by atoms with Crippen molar-refractivity contribution in [2.24, 2.45) is 5.73 Å². The summed E-state index contributed by atoms with van der Waals surface area (Å²) in [5.41, 5.74) is 5.42. The minimum Gasteiger partial charge on any atom is -0.480 e. The Morgan fingerprint density at radius 1 is 1.12 bits per heavy atom. The molecule has 24 heavy (non-hydrogen) atoms. The molecule has 0 heterocycles. The first-order valence-electron chi connectivity index (χ1n) is 6.89. The van der Waals surface area contributed by atoms with E-state index in [1.165, 1.54) is 6.92 Å². The van der Waals surface area contributed by atoms with E-state index < -0.39 is 61.1 Å². The second-order valence-electron chi connectivity index (χ2n) is 4.87. The number of nitrogens with two attached hydrogens (primary N) is 1. The number of carboxylic acids is 1. The number of carboxylic acid groups (broad SMARTS) is 1. The number of carbonyl (C=O) groups is 4. The van der Waals surface area contributed by atoms with E-state index >= 15 is 0 Å². The van der Waals surface area contributed by atoms with Crippen molar-refractivity contribution in [2.75, 3.05) is 18.9 Å². The number of nitrogens with one attached hydrogen (secondary N) is 3. The van der Waals surface area contributed by atoms with Gasteiger partial charge in [-0.05, 0) is 6.92 Å². The third-order valence-electron chi connectivity index (χ3n) is 2.83. The summed E-state index contributed by atoms with van der Waals surface area (Å²) in [6.07, 6.45) is -1.35. The fourth-order valence-corrected chi connectivity index (χ4v) is 1.65. The van der Waals surface area contributed by atoms with Gasteiger partial charge in [0.2, 0.25) is 17.7 Å². The molecule has 0 radical (unpaired) electrons. The van der Waals surface area contributed by atoms with Crippen LogP contribution in [0, 0.1) is 0 Å². The average Bonchev–Trinajstić information content (AvgIpc) is 2.53. The van der Waals surface area contributed by atoms with Crippen molar-refractivity contribution in [3.8, 4) is 0 Å². The summed E-state index contributed by atoms with van der Waals surface area (Å²) in [5.74, 6) is -3.91. The summed E-state index contributed by atoms with van der Waals surface area (Å²) in [6, 6.07) is -3.88. The molecule has 0 aliphatic heterocycles. The van der Waals surface area contributed by atoms with E-state index in [-0.39, 0.29) is 5.75 Å². The molecule has 0 saturated carbocycles. The Hall–Kier alpha value is -1.89. The summed E-state index contributed by atoms with van der Waals surface area (Å²) in [5, 5.41) is 33.5. The van der Waals surface area contributed by atoms with Gasteiger partial charge in [0.1, 0.15) is 18.6 Å². The van der Waals surface area contributed by atoms with Crippen LogP contribution in [0.1, 0.15) is 6.92 Å². The Morgan fingerprint density at radius 2 is 1.71 bits per heavy atom. The Labute approximate surface area is 143 Å². The van der Waals surface area contributed by atoms with E-state index in [0.29, 0.717) is 0 Å². The van der Waals surface area contributed by atoms with Crippen molar-refractivity contribution in [1.29, 1.82) is 0 Å². The maximum absolute atomic E-state index is 12.0. The van der Waals surface area contributed by atoms with Gasteiger partial charge in [0, 0.05) is 5.75 Å². The van der Waals surface area contributed by atoms with Crippen LogP contribution < -0.4 is 21.7 Å². The van der Waals surface area contributed by atoms with Gasteiger partial charge in [0.05, 0.1) is 18.8 Å². The van der Waals surface area contributed by atoms with Crippen LogP contribution >= 0.6 is 12.6 Å². The summed E-state index contributed by atoms with van der Waals surface area (Å²) >= 11 is 3.82. The van der Waals surface area contributed by atoms with Crippen molar-refractivity contribution >= 4 is 36.3 Å². The highest BCUT2D eigenvalue weighted by Gasteiger charge is 2.30. The number of hydrogen-bond acceptors (Lipinski definition) is 8. The number of aliphatic hydroxyl groups excluding tert-OH is 2. The molecule has 4 atom stereocenters. The van der Waals surface area contributed by atoms with Gasteiger partial charge in [-0.1, -0.05) is 0 Å². The van der Waals surface area contributed by atoms with E-state index in [1.54, 1.807) is 0 Å². The second-order valence-corrected chi connectivity index (χ2v) is 5.24. The van der Waals surface area contributed by atoms with Crippen molar-refractivity contribution in [1.82, 2.24) is 16.0 Å². The van der Waals surface area contributed by atoms with Crippen molar-refractivity contribution in [3.63, 3.8) is 0 Å². The predicted molar refractivity (Wildman–Crippen MR) is 85.1 cm³/mol. The lowest BCUT2D eigenvalue weighted by Crippen LogP contribution is -2.59. The van der Waals surface area contributed by atoms with Crippen LogP contribution in [0.25, 0.3) is 0 Å². The number of aliphatic hydroxyl groups is 2. The number of aliphatic carboxylic acids is 1. The van der Waals surface area contributed by atoms with Crippen LogP contribution in [-0.4, -0.2) is 82.1 Å². The molecule has 8 N–H and O–H groups in total. The number of hydrogen-bond donors (Lipinski definition) is 8. The molecule has 4 unspecified atom stereocenters. The van der Waals surface area contributed by atoms with E-state index in [2.05, 4.69) is 23.3 Å². The first-order chi connectivity index (χ1) is 11.1. The fourth-order valence-electron chi connectivity index (χ4n) is 1.49. The SMILES string of the molecule is CC(O)C(NC(=O)C(CO)NC(=O)C(N)CS)C(=O)NCC(=O)O. The molecule has 0 fully saturated rings. The number of amides is 3. The minimum absolute atomic E-state index is 0.0134. The van der Waals surface area contributed by atoms with Crippen LogP contribution in [0.5, 0.6) is 0 Å². The highest BCUT2D eigenvalue weighted by atomic mass is 32.1. The molecule has 0 rings (SSSR count). The first-order valence-corrected chi connectivity index (χ1v) is 7.52. The van der Waals surface area contributed by atoms with Gasteiger partial charge in [0.15, 0.2) is 0 Å². The predicted octanol–water partition coefficient (Wildman–Crippen LogP) is -4.21. The third kappa shape index (κ3) is 7.59. The highest BCUT2D eigenvalue weighted by Crippen LogP contribution is 1.96. The Bertz CT molecular complexity index is 474. The van der Waals surface area contributed by atoms with Gasteiger partial charge < -0.3 is 37.0 Å². The fraction of sp³-hybridized carbons (Fsp3) is 0.667. The monoisotopic (exact) mass is 366 g/mol. The third-order valence-corrected chi connectivity index (χ3v) is 3.22. The molecule has 0 aromatic rings. The maximum atomic E-state index is 12.0. The number of thiol groups is 1. The topological polar surface area (TPSA) is 191 Å². The van der Waals surface area contributed by atoms with Crippen LogP contribution in [0.15, 0.2) is 0 Å². The van der Waals surface area contributed by atoms with Crippen LogP contribution in [0.2, 0.25) is 0 Å². The Balaban J connectivity index is 4.87.